The van der Waals surface area contributed by atoms with E-state index in [1.165, 1.54) is 11.1 Å². The van der Waals surface area contributed by atoms with Gasteiger partial charge in [-0.1, -0.05) is 76.0 Å². The number of anilines is 2. The largest absolute Gasteiger partial charge is 0.365 e. The number of hydrogen-bond acceptors (Lipinski definition) is 6. The van der Waals surface area contributed by atoms with E-state index in [2.05, 4.69) is 121 Å². The van der Waals surface area contributed by atoms with Gasteiger partial charge in [0, 0.05) is 11.1 Å². The van der Waals surface area contributed by atoms with E-state index in [-0.39, 0.29) is 0 Å². The van der Waals surface area contributed by atoms with E-state index in [0.717, 1.165) is 39.7 Å². The molecule has 3 heterocycles. The second-order valence-corrected chi connectivity index (χ2v) is 9.93. The van der Waals surface area contributed by atoms with Crippen molar-refractivity contribution in [3.63, 3.8) is 0 Å². The summed E-state index contributed by atoms with van der Waals surface area (Å²) >= 11 is 0. The van der Waals surface area contributed by atoms with Crippen LogP contribution in [0.15, 0.2) is 77.0 Å². The molecule has 0 N–H and O–H groups in total. The molecule has 3 aromatic rings. The summed E-state index contributed by atoms with van der Waals surface area (Å²) in [7, 11) is 0. The Hall–Kier alpha value is -3.80. The number of oxime groups is 2. The first-order valence-corrected chi connectivity index (χ1v) is 11.7. The van der Waals surface area contributed by atoms with Crippen molar-refractivity contribution in [2.75, 3.05) is 9.80 Å². The van der Waals surface area contributed by atoms with E-state index in [1.54, 1.807) is 0 Å². The van der Waals surface area contributed by atoms with E-state index < -0.39 is 11.4 Å². The van der Waals surface area contributed by atoms with Crippen molar-refractivity contribution in [1.82, 2.24) is 0 Å². The SMILES string of the molecule is Cc1ccc(C2=NO[C@]3(C)C[C@@]4(C)ON=C(c5ccc(C)cc5)N4c4cc(C)ccc4N23)cc1. The van der Waals surface area contributed by atoms with Gasteiger partial charge in [0.25, 0.3) is 0 Å². The van der Waals surface area contributed by atoms with Gasteiger partial charge in [0.2, 0.25) is 11.4 Å². The Kier molecular flexibility index (Phi) is 4.34. The smallest absolute Gasteiger partial charge is 0.218 e. The highest BCUT2D eigenvalue weighted by Crippen LogP contribution is 2.51. The van der Waals surface area contributed by atoms with Crippen LogP contribution in [0.3, 0.4) is 0 Å². The minimum Gasteiger partial charge on any atom is -0.365 e. The summed E-state index contributed by atoms with van der Waals surface area (Å²) in [6.07, 6.45) is 0.533. The van der Waals surface area contributed by atoms with E-state index in [1.807, 2.05) is 0 Å². The molecule has 6 heteroatoms. The first-order valence-electron chi connectivity index (χ1n) is 11.7. The molecule has 0 radical (unpaired) electrons. The summed E-state index contributed by atoms with van der Waals surface area (Å²) in [5.41, 5.74) is 6.15. The minimum absolute atomic E-state index is 0.533. The molecular formula is C28H28N4O2. The first kappa shape index (κ1) is 20.8. The lowest BCUT2D eigenvalue weighted by Crippen LogP contribution is -2.53. The predicted octanol–water partition coefficient (Wildman–Crippen LogP) is 5.84. The van der Waals surface area contributed by atoms with Gasteiger partial charge < -0.3 is 9.68 Å². The summed E-state index contributed by atoms with van der Waals surface area (Å²) in [5, 5.41) is 9.16. The molecule has 2 atom stereocenters. The number of hydrogen-bond donors (Lipinski definition) is 0. The molecule has 0 aromatic heterocycles. The molecule has 3 aliphatic rings. The third kappa shape index (κ3) is 3.01. The Morgan fingerprint density at radius 2 is 1.06 bits per heavy atom. The molecule has 0 saturated carbocycles. The van der Waals surface area contributed by atoms with Gasteiger partial charge in [0.15, 0.2) is 11.7 Å². The molecule has 3 aliphatic heterocycles. The van der Waals surface area contributed by atoms with E-state index in [0.29, 0.717) is 6.42 Å². The van der Waals surface area contributed by atoms with Crippen molar-refractivity contribution in [3.8, 4) is 0 Å². The zero-order valence-corrected chi connectivity index (χ0v) is 20.2. The van der Waals surface area contributed by atoms with Gasteiger partial charge >= 0.3 is 0 Å². The fourth-order valence-electron chi connectivity index (χ4n) is 5.23. The van der Waals surface area contributed by atoms with Crippen molar-refractivity contribution >= 4 is 23.0 Å². The average Bonchev–Trinajstić information content (AvgIpc) is 3.29. The normalized spacial score (nSPS) is 24.9. The predicted molar refractivity (Wildman–Crippen MR) is 135 cm³/mol. The number of fused-ring (bicyclic) bond motifs is 5. The van der Waals surface area contributed by atoms with Crippen LogP contribution >= 0.6 is 0 Å². The summed E-state index contributed by atoms with van der Waals surface area (Å²) in [6, 6.07) is 23.3. The Morgan fingerprint density at radius 1 is 0.618 bits per heavy atom. The van der Waals surface area contributed by atoms with Crippen molar-refractivity contribution in [2.24, 2.45) is 10.3 Å². The Bertz CT molecular complexity index is 1350. The van der Waals surface area contributed by atoms with Crippen molar-refractivity contribution in [2.45, 2.75) is 52.5 Å². The number of rotatable bonds is 2. The van der Waals surface area contributed by atoms with Gasteiger partial charge in [-0.05, 0) is 52.3 Å². The number of nitrogens with zero attached hydrogens (tertiary/aromatic N) is 4. The highest BCUT2D eigenvalue weighted by molar-refractivity contribution is 6.17. The molecule has 6 nitrogen and oxygen atoms in total. The van der Waals surface area contributed by atoms with Gasteiger partial charge in [-0.3, -0.25) is 9.80 Å². The Balaban J connectivity index is 1.54. The van der Waals surface area contributed by atoms with Gasteiger partial charge in [-0.15, -0.1) is 0 Å². The molecule has 34 heavy (non-hydrogen) atoms. The highest BCUT2D eigenvalue weighted by atomic mass is 16.7. The molecule has 3 aromatic carbocycles. The maximum absolute atomic E-state index is 6.20. The minimum atomic E-state index is -0.746. The van der Waals surface area contributed by atoms with Crippen LogP contribution in [-0.2, 0) is 9.68 Å². The second-order valence-electron chi connectivity index (χ2n) is 9.93. The summed E-state index contributed by atoms with van der Waals surface area (Å²) < 4.78 is 0. The van der Waals surface area contributed by atoms with Crippen LogP contribution in [0, 0.1) is 20.8 Å². The van der Waals surface area contributed by atoms with Crippen LogP contribution in [-0.4, -0.2) is 23.1 Å². The molecule has 0 saturated heterocycles. The van der Waals surface area contributed by atoms with Crippen molar-refractivity contribution < 1.29 is 9.68 Å². The molecule has 0 fully saturated rings. The quantitative estimate of drug-likeness (QED) is 0.490. The molecule has 0 amide bonds. The van der Waals surface area contributed by atoms with Crippen LogP contribution in [0.2, 0.25) is 0 Å². The maximum atomic E-state index is 6.20. The Morgan fingerprint density at radius 3 is 1.56 bits per heavy atom. The van der Waals surface area contributed by atoms with E-state index in [9.17, 15) is 0 Å². The summed E-state index contributed by atoms with van der Waals surface area (Å²) in [6.45, 7) is 10.4. The van der Waals surface area contributed by atoms with Gasteiger partial charge in [-0.2, -0.15) is 0 Å². The number of amidine groups is 2. The van der Waals surface area contributed by atoms with Crippen molar-refractivity contribution in [3.05, 3.63) is 94.5 Å². The maximum Gasteiger partial charge on any atom is 0.218 e. The average molecular weight is 453 g/mol. The standard InChI is InChI=1S/C28H28N4O2/c1-18-6-11-21(12-7-18)25-29-33-27(4)17-28(5)32(24-16-20(3)10-15-23(24)31(25)27)26(30-34-28)22-13-8-19(2)9-14-22/h6-16H,17H2,1-5H3/t27-,28-/m1/s1. The van der Waals surface area contributed by atoms with Gasteiger partial charge in [-0.25, -0.2) is 0 Å². The second kappa shape index (κ2) is 7.10. The zero-order chi connectivity index (χ0) is 23.7. The molecule has 0 aliphatic carbocycles. The van der Waals surface area contributed by atoms with Crippen LogP contribution in [0.1, 0.15) is 48.1 Å². The monoisotopic (exact) mass is 452 g/mol. The molecule has 0 spiro atoms. The van der Waals surface area contributed by atoms with Crippen LogP contribution in [0.25, 0.3) is 0 Å². The van der Waals surface area contributed by atoms with Crippen LogP contribution in [0.4, 0.5) is 11.4 Å². The highest BCUT2D eigenvalue weighted by Gasteiger charge is 2.58. The molecule has 0 bridgehead atoms. The lowest BCUT2D eigenvalue weighted by molar-refractivity contribution is -0.0863. The van der Waals surface area contributed by atoms with Crippen LogP contribution < -0.4 is 9.80 Å². The van der Waals surface area contributed by atoms with Gasteiger partial charge in [0.05, 0.1) is 17.8 Å². The van der Waals surface area contributed by atoms with Crippen LogP contribution in [0.5, 0.6) is 0 Å². The zero-order valence-electron chi connectivity index (χ0n) is 20.2. The lowest BCUT2D eigenvalue weighted by atomic mass is 9.99. The summed E-state index contributed by atoms with van der Waals surface area (Å²) in [4.78, 5) is 16.8. The van der Waals surface area contributed by atoms with E-state index >= 15 is 0 Å². The third-order valence-corrected chi connectivity index (χ3v) is 6.92. The molecule has 172 valence electrons. The lowest BCUT2D eigenvalue weighted by Gasteiger charge is -2.36. The summed E-state index contributed by atoms with van der Waals surface area (Å²) in [5.74, 6) is 1.60. The first-order chi connectivity index (χ1) is 16.3. The fraction of sp³-hybridized carbons (Fsp3) is 0.286. The van der Waals surface area contributed by atoms with E-state index in [4.69, 9.17) is 9.68 Å². The molecule has 0 unspecified atom stereocenters. The Labute approximate surface area is 200 Å². The molecule has 6 rings (SSSR count). The topological polar surface area (TPSA) is 49.7 Å². The van der Waals surface area contributed by atoms with Crippen molar-refractivity contribution in [1.29, 1.82) is 0 Å². The fourth-order valence-corrected chi connectivity index (χ4v) is 5.23. The van der Waals surface area contributed by atoms with Gasteiger partial charge in [0.1, 0.15) is 0 Å². The number of benzene rings is 3. The third-order valence-electron chi connectivity index (χ3n) is 6.92. The number of aryl methyl sites for hydroxylation is 3. The molecular weight excluding hydrogens is 424 g/mol.